The van der Waals surface area contributed by atoms with Gasteiger partial charge < -0.3 is 36.1 Å². The van der Waals surface area contributed by atoms with Gasteiger partial charge in [0.15, 0.2) is 24.8 Å². The molecule has 4 aromatic carbocycles. The molecule has 18 nitrogen and oxygen atoms in total. The van der Waals surface area contributed by atoms with Crippen LogP contribution in [0.2, 0.25) is 10.0 Å². The molecule has 2 aromatic heterocycles. The molecule has 3 atom stereocenters. The molecule has 3 aliphatic rings. The van der Waals surface area contributed by atoms with E-state index in [9.17, 15) is 28.8 Å². The van der Waals surface area contributed by atoms with E-state index in [0.29, 0.717) is 50.6 Å². The fourth-order valence-electron chi connectivity index (χ4n) is 9.52. The van der Waals surface area contributed by atoms with Gasteiger partial charge in [-0.1, -0.05) is 90.6 Å². The van der Waals surface area contributed by atoms with Gasteiger partial charge in [0.25, 0.3) is 22.9 Å². The van der Waals surface area contributed by atoms with Gasteiger partial charge >= 0.3 is 0 Å². The molecule has 4 amide bonds. The SMILES string of the molecule is Cc1cnc(NCC(c2ccccc2)c2ccc(C3CCCCC3Nc3ncc(C)n(CC(=O)NCc4cc(Cl)ccc4OCC(=O)NC4CC4)c3=O)cc2)c(=O)n1CC(=O)NCc1cc(Cl)ccc1OCC(=O)N=C1CC1. The van der Waals surface area contributed by atoms with E-state index >= 15 is 0 Å². The molecule has 78 heavy (non-hydrogen) atoms. The summed E-state index contributed by atoms with van der Waals surface area (Å²) in [5.41, 5.74) is 5.30. The molecule has 3 aliphatic carbocycles. The van der Waals surface area contributed by atoms with Crippen molar-refractivity contribution in [2.24, 2.45) is 4.99 Å². The van der Waals surface area contributed by atoms with Crippen molar-refractivity contribution in [3.63, 3.8) is 0 Å². The maximum Gasteiger partial charge on any atom is 0.293 e. The molecule has 0 saturated heterocycles. The Morgan fingerprint density at radius 2 is 1.24 bits per heavy atom. The Bertz CT molecular complexity index is 3320. The molecule has 0 bridgehead atoms. The first-order chi connectivity index (χ1) is 37.7. The summed E-state index contributed by atoms with van der Waals surface area (Å²) in [5, 5.41) is 16.2. The minimum Gasteiger partial charge on any atom is -0.483 e. The Hall–Kier alpha value is -7.83. The molecular weight excluding hydrogens is 1040 g/mol. The first-order valence-electron chi connectivity index (χ1n) is 26.3. The molecule has 3 fully saturated rings. The number of carbonyl (C=O) groups excluding carboxylic acids is 4. The standard InChI is InChI=1S/C58H62Cl2N10O8/c1-35-26-63-55(57(75)69(35)31-51(71)61-28-40-24-42(59)16-22-49(40)77-33-53(73)66-44-18-19-44)65-30-47(37-8-4-3-5-9-37)39-14-12-38(13-15-39)46-10-6-7-11-48(46)68-56-58(76)70(36(2)27-64-56)32-52(72)62-29-41-25-43(60)17-23-50(41)78-34-54(74)67-45-20-21-45/h3-5,8-9,12-17,22-27,45-48H,6-7,10-11,18-21,28-34H2,1-2H3,(H,61,71)(H,62,72)(H,63,65)(H,64,68)(H,67,74). The van der Waals surface area contributed by atoms with Crippen LogP contribution in [0.1, 0.15) is 102 Å². The molecule has 0 radical (unpaired) electrons. The molecule has 20 heteroatoms. The van der Waals surface area contributed by atoms with Gasteiger partial charge in [-0.05, 0) is 105 Å². The Balaban J connectivity index is 0.830. The average Bonchev–Trinajstić information content (AvgIpc) is 4.43. The van der Waals surface area contributed by atoms with Gasteiger partial charge in [0.2, 0.25) is 11.8 Å². The number of ether oxygens (including phenoxy) is 2. The van der Waals surface area contributed by atoms with Gasteiger partial charge in [-0.25, -0.2) is 15.0 Å². The van der Waals surface area contributed by atoms with Crippen LogP contribution < -0.4 is 47.2 Å². The van der Waals surface area contributed by atoms with Crippen molar-refractivity contribution in [1.29, 1.82) is 0 Å². The highest BCUT2D eigenvalue weighted by Gasteiger charge is 2.29. The van der Waals surface area contributed by atoms with E-state index < -0.39 is 22.9 Å². The third-order valence-electron chi connectivity index (χ3n) is 14.0. The number of nitrogens with one attached hydrogen (secondary N) is 5. The number of amides is 4. The van der Waals surface area contributed by atoms with Crippen molar-refractivity contribution in [3.05, 3.63) is 173 Å². The van der Waals surface area contributed by atoms with Crippen LogP contribution in [0, 0.1) is 13.8 Å². The Morgan fingerprint density at radius 3 is 1.85 bits per heavy atom. The lowest BCUT2D eigenvalue weighted by molar-refractivity contribution is -0.123. The zero-order chi connectivity index (χ0) is 54.7. The quantitative estimate of drug-likeness (QED) is 0.0419. The molecule has 2 heterocycles. The number of aromatic nitrogens is 4. The van der Waals surface area contributed by atoms with E-state index in [1.54, 1.807) is 62.6 Å². The van der Waals surface area contributed by atoms with Gasteiger partial charge in [-0.2, -0.15) is 0 Å². The molecule has 0 spiro atoms. The number of aryl methyl sites for hydroxylation is 2. The molecule has 3 saturated carbocycles. The van der Waals surface area contributed by atoms with Crippen molar-refractivity contribution in [1.82, 2.24) is 35.1 Å². The van der Waals surface area contributed by atoms with Crippen molar-refractivity contribution in [2.45, 2.75) is 115 Å². The van der Waals surface area contributed by atoms with Crippen LogP contribution in [0.3, 0.4) is 0 Å². The van der Waals surface area contributed by atoms with Gasteiger partial charge in [-0.3, -0.25) is 37.9 Å². The van der Waals surface area contributed by atoms with Gasteiger partial charge in [-0.15, -0.1) is 0 Å². The first-order valence-corrected chi connectivity index (χ1v) is 27.0. The maximum absolute atomic E-state index is 14.0. The Kier molecular flexibility index (Phi) is 18.0. The smallest absolute Gasteiger partial charge is 0.293 e. The summed E-state index contributed by atoms with van der Waals surface area (Å²) >= 11 is 12.6. The minimum atomic E-state index is -0.454. The minimum absolute atomic E-state index is 0.0426. The van der Waals surface area contributed by atoms with Gasteiger partial charge in [0, 0.05) is 94.2 Å². The molecular formula is C58H62Cl2N10O8. The van der Waals surface area contributed by atoms with Crippen LogP contribution in [0.15, 0.2) is 118 Å². The number of rotatable bonds is 23. The van der Waals surface area contributed by atoms with Crippen molar-refractivity contribution in [2.75, 3.05) is 30.4 Å². The maximum atomic E-state index is 14.0. The average molecular weight is 1100 g/mol. The third-order valence-corrected chi connectivity index (χ3v) is 14.5. The fourth-order valence-corrected chi connectivity index (χ4v) is 9.91. The number of nitrogens with zero attached hydrogens (tertiary/aromatic N) is 5. The van der Waals surface area contributed by atoms with Crippen LogP contribution >= 0.6 is 23.2 Å². The normalized spacial score (nSPS) is 16.1. The monoisotopic (exact) mass is 1100 g/mol. The number of hydrogen-bond acceptors (Lipinski definition) is 12. The Morgan fingerprint density at radius 1 is 0.679 bits per heavy atom. The fraction of sp³-hybridized carbons (Fsp3) is 0.362. The lowest BCUT2D eigenvalue weighted by Gasteiger charge is -2.33. The van der Waals surface area contributed by atoms with Gasteiger partial charge in [0.05, 0.1) is 0 Å². The van der Waals surface area contributed by atoms with Crippen LogP contribution in [0.25, 0.3) is 0 Å². The summed E-state index contributed by atoms with van der Waals surface area (Å²) in [6.45, 7) is 2.96. The molecule has 9 rings (SSSR count). The van der Waals surface area contributed by atoms with E-state index in [2.05, 4.69) is 65.8 Å². The second kappa shape index (κ2) is 25.5. The predicted molar refractivity (Wildman–Crippen MR) is 299 cm³/mol. The van der Waals surface area contributed by atoms with Crippen LogP contribution in [-0.4, -0.2) is 80.3 Å². The summed E-state index contributed by atoms with van der Waals surface area (Å²) in [5.74, 6) is -0.482. The van der Waals surface area contributed by atoms with Crippen molar-refractivity contribution < 1.29 is 28.7 Å². The predicted octanol–water partition coefficient (Wildman–Crippen LogP) is 7.54. The second-order valence-electron chi connectivity index (χ2n) is 20.0. The number of halogens is 2. The lowest BCUT2D eigenvalue weighted by Crippen LogP contribution is -2.38. The number of aliphatic imine (C=N–C) groups is 1. The molecule has 6 aromatic rings. The summed E-state index contributed by atoms with van der Waals surface area (Å²) in [6, 6.07) is 28.4. The summed E-state index contributed by atoms with van der Waals surface area (Å²) in [6.07, 6.45) is 10.4. The zero-order valence-electron chi connectivity index (χ0n) is 43.5. The molecule has 0 aliphatic heterocycles. The highest BCUT2D eigenvalue weighted by molar-refractivity contribution is 6.31. The highest BCUT2D eigenvalue weighted by atomic mass is 35.5. The van der Waals surface area contributed by atoms with E-state index in [4.69, 9.17) is 32.7 Å². The third kappa shape index (κ3) is 14.8. The van der Waals surface area contributed by atoms with Crippen LogP contribution in [0.4, 0.5) is 11.6 Å². The van der Waals surface area contributed by atoms with Crippen molar-refractivity contribution in [3.8, 4) is 11.5 Å². The summed E-state index contributed by atoms with van der Waals surface area (Å²) in [7, 11) is 0. The van der Waals surface area contributed by atoms with Crippen molar-refractivity contribution >= 4 is 64.2 Å². The Labute approximate surface area is 461 Å². The second-order valence-corrected chi connectivity index (χ2v) is 20.9. The van der Waals surface area contributed by atoms with E-state index in [1.807, 2.05) is 30.3 Å². The van der Waals surface area contributed by atoms with E-state index in [-0.39, 0.29) is 86.8 Å². The number of carbonyl (C=O) groups is 4. The zero-order valence-corrected chi connectivity index (χ0v) is 45.0. The highest BCUT2D eigenvalue weighted by Crippen LogP contribution is 2.36. The first kappa shape index (κ1) is 54.9. The van der Waals surface area contributed by atoms with E-state index in [0.717, 1.165) is 73.8 Å². The molecule has 5 N–H and O–H groups in total. The number of hydrogen-bond donors (Lipinski definition) is 5. The number of benzene rings is 4. The largest absolute Gasteiger partial charge is 0.483 e. The molecule has 406 valence electrons. The van der Waals surface area contributed by atoms with Crippen LogP contribution in [0.5, 0.6) is 11.5 Å². The summed E-state index contributed by atoms with van der Waals surface area (Å²) < 4.78 is 14.3. The lowest BCUT2D eigenvalue weighted by atomic mass is 9.79. The van der Waals surface area contributed by atoms with Gasteiger partial charge in [0.1, 0.15) is 24.6 Å². The van der Waals surface area contributed by atoms with Crippen LogP contribution in [-0.2, 0) is 45.4 Å². The molecule has 3 unspecified atom stereocenters. The topological polar surface area (TPSA) is 229 Å². The summed E-state index contributed by atoms with van der Waals surface area (Å²) in [4.78, 5) is 92.2. The number of anilines is 2. The van der Waals surface area contributed by atoms with E-state index in [1.165, 1.54) is 9.13 Å².